The zero-order valence-electron chi connectivity index (χ0n) is 10.7. The highest BCUT2D eigenvalue weighted by Crippen LogP contribution is 2.27. The van der Waals surface area contributed by atoms with Crippen LogP contribution in [0.2, 0.25) is 5.02 Å². The third-order valence-corrected chi connectivity index (χ3v) is 4.02. The van der Waals surface area contributed by atoms with Gasteiger partial charge in [0.15, 0.2) is 0 Å². The molecule has 2 rings (SSSR count). The number of amides is 1. The number of benzene rings is 1. The summed E-state index contributed by atoms with van der Waals surface area (Å²) in [5.41, 5.74) is 6.75. The summed E-state index contributed by atoms with van der Waals surface area (Å²) in [5.74, 6) is -0.0648. The Morgan fingerprint density at radius 3 is 2.61 bits per heavy atom. The van der Waals surface area contributed by atoms with Gasteiger partial charge in [-0.2, -0.15) is 0 Å². The minimum absolute atomic E-state index is 0.0648. The maximum atomic E-state index is 12.4. The molecule has 0 heterocycles. The highest BCUT2D eigenvalue weighted by atomic mass is 35.5. The Hall–Kier alpha value is -1.22. The monoisotopic (exact) mass is 266 g/mol. The van der Waals surface area contributed by atoms with E-state index in [1.807, 2.05) is 7.05 Å². The molecule has 1 aromatic carbocycles. The molecule has 0 unspecified atom stereocenters. The zero-order valence-corrected chi connectivity index (χ0v) is 11.4. The summed E-state index contributed by atoms with van der Waals surface area (Å²) >= 11 is 6.08. The van der Waals surface area contributed by atoms with Crippen LogP contribution in [0.3, 0.4) is 0 Å². The van der Waals surface area contributed by atoms with Crippen LogP contribution in [0.5, 0.6) is 0 Å². The average molecular weight is 267 g/mol. The fourth-order valence-corrected chi connectivity index (χ4v) is 2.84. The summed E-state index contributed by atoms with van der Waals surface area (Å²) in [6.45, 7) is 0. The van der Waals surface area contributed by atoms with Crippen molar-refractivity contribution in [2.24, 2.45) is 0 Å². The van der Waals surface area contributed by atoms with Gasteiger partial charge in [0, 0.05) is 18.8 Å². The number of halogens is 1. The van der Waals surface area contributed by atoms with Crippen LogP contribution in [0.1, 0.15) is 42.5 Å². The fraction of sp³-hybridized carbons (Fsp3) is 0.500. The second-order valence-corrected chi connectivity index (χ2v) is 5.32. The molecule has 0 saturated heterocycles. The number of carbonyl (C=O) groups excluding carboxylic acids is 1. The molecule has 3 nitrogen and oxygen atoms in total. The first-order chi connectivity index (χ1) is 8.61. The number of rotatable bonds is 2. The zero-order chi connectivity index (χ0) is 13.1. The van der Waals surface area contributed by atoms with E-state index < -0.39 is 0 Å². The minimum atomic E-state index is -0.0648. The van der Waals surface area contributed by atoms with Crippen LogP contribution in [0, 0.1) is 0 Å². The Kier molecular flexibility index (Phi) is 4.12. The van der Waals surface area contributed by atoms with Gasteiger partial charge in [-0.05, 0) is 25.0 Å². The minimum Gasteiger partial charge on any atom is -0.398 e. The van der Waals surface area contributed by atoms with Gasteiger partial charge in [-0.1, -0.05) is 36.9 Å². The van der Waals surface area contributed by atoms with Crippen LogP contribution in [-0.2, 0) is 0 Å². The normalized spacial score (nSPS) is 16.6. The summed E-state index contributed by atoms with van der Waals surface area (Å²) in [4.78, 5) is 14.2. The number of nitrogen functional groups attached to an aromatic ring is 1. The summed E-state index contributed by atoms with van der Waals surface area (Å²) < 4.78 is 0. The van der Waals surface area contributed by atoms with E-state index in [1.54, 1.807) is 23.1 Å². The molecule has 0 aliphatic heterocycles. The molecule has 4 heteroatoms. The van der Waals surface area contributed by atoms with E-state index in [1.165, 1.54) is 19.3 Å². The van der Waals surface area contributed by atoms with Gasteiger partial charge < -0.3 is 10.6 Å². The van der Waals surface area contributed by atoms with Crippen molar-refractivity contribution in [1.29, 1.82) is 0 Å². The van der Waals surface area contributed by atoms with Crippen LogP contribution in [-0.4, -0.2) is 23.9 Å². The first-order valence-electron chi connectivity index (χ1n) is 6.42. The molecule has 2 N–H and O–H groups in total. The number of anilines is 1. The lowest BCUT2D eigenvalue weighted by molar-refractivity contribution is 0.0697. The lowest BCUT2D eigenvalue weighted by Crippen LogP contribution is -2.38. The van der Waals surface area contributed by atoms with E-state index in [0.717, 1.165) is 12.8 Å². The lowest BCUT2D eigenvalue weighted by Gasteiger charge is -2.31. The molecular weight excluding hydrogens is 248 g/mol. The summed E-state index contributed by atoms with van der Waals surface area (Å²) in [6.07, 6.45) is 5.81. The van der Waals surface area contributed by atoms with E-state index >= 15 is 0 Å². The van der Waals surface area contributed by atoms with Gasteiger partial charge in [0.05, 0.1) is 10.6 Å². The summed E-state index contributed by atoms with van der Waals surface area (Å²) in [6, 6.07) is 5.50. The maximum absolute atomic E-state index is 12.4. The number of nitrogens with two attached hydrogens (primary N) is 1. The Labute approximate surface area is 113 Å². The van der Waals surface area contributed by atoms with Crippen LogP contribution in [0.25, 0.3) is 0 Å². The molecule has 1 saturated carbocycles. The molecule has 0 bridgehead atoms. The molecular formula is C14H19ClN2O. The van der Waals surface area contributed by atoms with Gasteiger partial charge in [-0.25, -0.2) is 0 Å². The fourth-order valence-electron chi connectivity index (χ4n) is 2.58. The first-order valence-corrected chi connectivity index (χ1v) is 6.80. The van der Waals surface area contributed by atoms with E-state index in [9.17, 15) is 4.79 Å². The molecule has 18 heavy (non-hydrogen) atoms. The molecule has 1 aromatic rings. The second kappa shape index (κ2) is 5.61. The predicted octanol–water partition coefficient (Wildman–Crippen LogP) is 3.33. The van der Waals surface area contributed by atoms with Crippen molar-refractivity contribution in [2.45, 2.75) is 38.1 Å². The Balaban J connectivity index is 2.19. The van der Waals surface area contributed by atoms with Gasteiger partial charge >= 0.3 is 0 Å². The van der Waals surface area contributed by atoms with Crippen molar-refractivity contribution in [3.63, 3.8) is 0 Å². The SMILES string of the molecule is CN(C(=O)c1c(N)cccc1Cl)C1CCCCC1. The number of carbonyl (C=O) groups is 1. The Bertz CT molecular complexity index is 421. The van der Waals surface area contributed by atoms with Crippen LogP contribution < -0.4 is 5.73 Å². The molecule has 98 valence electrons. The van der Waals surface area contributed by atoms with Crippen molar-refractivity contribution in [3.05, 3.63) is 28.8 Å². The second-order valence-electron chi connectivity index (χ2n) is 4.91. The van der Waals surface area contributed by atoms with Gasteiger partial charge in [0.1, 0.15) is 0 Å². The largest absolute Gasteiger partial charge is 0.398 e. The van der Waals surface area contributed by atoms with Crippen molar-refractivity contribution in [1.82, 2.24) is 4.90 Å². The Morgan fingerprint density at radius 1 is 1.33 bits per heavy atom. The molecule has 1 aliphatic carbocycles. The Morgan fingerprint density at radius 2 is 2.00 bits per heavy atom. The van der Waals surface area contributed by atoms with Gasteiger partial charge in [-0.15, -0.1) is 0 Å². The summed E-state index contributed by atoms with van der Waals surface area (Å²) in [7, 11) is 1.85. The lowest BCUT2D eigenvalue weighted by atomic mass is 9.94. The molecule has 1 fully saturated rings. The standard InChI is InChI=1S/C14H19ClN2O/c1-17(10-6-3-2-4-7-10)14(18)13-11(15)8-5-9-12(13)16/h5,8-10H,2-4,6-7,16H2,1H3. The molecule has 0 radical (unpaired) electrons. The van der Waals surface area contributed by atoms with E-state index in [-0.39, 0.29) is 5.91 Å². The number of nitrogens with zero attached hydrogens (tertiary/aromatic N) is 1. The first kappa shape index (κ1) is 13.2. The van der Waals surface area contributed by atoms with E-state index in [2.05, 4.69) is 0 Å². The van der Waals surface area contributed by atoms with Crippen LogP contribution >= 0.6 is 11.6 Å². The molecule has 0 atom stereocenters. The van der Waals surface area contributed by atoms with E-state index in [0.29, 0.717) is 22.3 Å². The molecule has 1 amide bonds. The summed E-state index contributed by atoms with van der Waals surface area (Å²) in [5, 5.41) is 0.433. The third kappa shape index (κ3) is 2.61. The van der Waals surface area contributed by atoms with Crippen molar-refractivity contribution < 1.29 is 4.79 Å². The quantitative estimate of drug-likeness (QED) is 0.835. The van der Waals surface area contributed by atoms with Crippen molar-refractivity contribution in [3.8, 4) is 0 Å². The third-order valence-electron chi connectivity index (χ3n) is 3.70. The number of hydrogen-bond donors (Lipinski definition) is 1. The topological polar surface area (TPSA) is 46.3 Å². The molecule has 1 aliphatic rings. The van der Waals surface area contributed by atoms with Gasteiger partial charge in [0.25, 0.3) is 5.91 Å². The highest BCUT2D eigenvalue weighted by Gasteiger charge is 2.25. The molecule has 0 aromatic heterocycles. The van der Waals surface area contributed by atoms with Crippen molar-refractivity contribution in [2.75, 3.05) is 12.8 Å². The predicted molar refractivity (Wildman–Crippen MR) is 74.8 cm³/mol. The molecule has 0 spiro atoms. The van der Waals surface area contributed by atoms with Crippen molar-refractivity contribution >= 4 is 23.2 Å². The van der Waals surface area contributed by atoms with Gasteiger partial charge in [0.2, 0.25) is 0 Å². The highest BCUT2D eigenvalue weighted by molar-refractivity contribution is 6.34. The maximum Gasteiger partial charge on any atom is 0.257 e. The smallest absolute Gasteiger partial charge is 0.257 e. The number of hydrogen-bond acceptors (Lipinski definition) is 2. The van der Waals surface area contributed by atoms with Gasteiger partial charge in [-0.3, -0.25) is 4.79 Å². The van der Waals surface area contributed by atoms with E-state index in [4.69, 9.17) is 17.3 Å². The van der Waals surface area contributed by atoms with Crippen LogP contribution in [0.4, 0.5) is 5.69 Å². The average Bonchev–Trinajstić information content (AvgIpc) is 2.38. The van der Waals surface area contributed by atoms with Crippen LogP contribution in [0.15, 0.2) is 18.2 Å².